The van der Waals surface area contributed by atoms with E-state index in [4.69, 9.17) is 4.74 Å². The highest BCUT2D eigenvalue weighted by Gasteiger charge is 2.21. The minimum atomic E-state index is 0.0455. The van der Waals surface area contributed by atoms with E-state index in [0.717, 1.165) is 64.2 Å². The lowest BCUT2D eigenvalue weighted by Gasteiger charge is -2.26. The van der Waals surface area contributed by atoms with Crippen molar-refractivity contribution in [3.63, 3.8) is 0 Å². The molecule has 2 saturated heterocycles. The number of amides is 1. The number of aromatic nitrogens is 1. The van der Waals surface area contributed by atoms with E-state index in [-0.39, 0.29) is 5.91 Å². The molecule has 0 aromatic carbocycles. The SMILES string of the molecule is O=C(NCC1CCCOC1)c1cccn1C1CCNCC1. The minimum Gasteiger partial charge on any atom is -0.381 e. The fourth-order valence-electron chi connectivity index (χ4n) is 3.29. The van der Waals surface area contributed by atoms with E-state index in [9.17, 15) is 4.79 Å². The summed E-state index contributed by atoms with van der Waals surface area (Å²) in [4.78, 5) is 12.4. The first-order valence-electron chi connectivity index (χ1n) is 8.08. The van der Waals surface area contributed by atoms with Crippen molar-refractivity contribution in [3.05, 3.63) is 24.0 Å². The Morgan fingerprint density at radius 3 is 3.00 bits per heavy atom. The smallest absolute Gasteiger partial charge is 0.267 e. The molecule has 21 heavy (non-hydrogen) atoms. The van der Waals surface area contributed by atoms with Crippen molar-refractivity contribution in [1.82, 2.24) is 15.2 Å². The lowest BCUT2D eigenvalue weighted by atomic mass is 10.0. The maximum atomic E-state index is 12.4. The molecule has 2 aliphatic rings. The zero-order valence-electron chi connectivity index (χ0n) is 12.5. The highest BCUT2D eigenvalue weighted by Crippen LogP contribution is 2.21. The number of ether oxygens (including phenoxy) is 1. The van der Waals surface area contributed by atoms with Gasteiger partial charge in [-0.25, -0.2) is 0 Å². The Kier molecular flexibility index (Phi) is 4.93. The van der Waals surface area contributed by atoms with Gasteiger partial charge in [0.15, 0.2) is 0 Å². The molecule has 1 amide bonds. The number of carbonyl (C=O) groups excluding carboxylic acids is 1. The predicted octanol–water partition coefficient (Wildman–Crippen LogP) is 1.57. The van der Waals surface area contributed by atoms with Crippen LogP contribution >= 0.6 is 0 Å². The Bertz CT molecular complexity index is 460. The summed E-state index contributed by atoms with van der Waals surface area (Å²) < 4.78 is 7.61. The van der Waals surface area contributed by atoms with Crippen molar-refractivity contribution in [2.75, 3.05) is 32.8 Å². The van der Waals surface area contributed by atoms with Crippen LogP contribution in [0.1, 0.15) is 42.2 Å². The van der Waals surface area contributed by atoms with Gasteiger partial charge in [-0.1, -0.05) is 0 Å². The summed E-state index contributed by atoms with van der Waals surface area (Å²) in [5.74, 6) is 0.508. The second-order valence-electron chi connectivity index (χ2n) is 6.08. The average Bonchev–Trinajstić information content (AvgIpc) is 3.04. The third kappa shape index (κ3) is 3.66. The van der Waals surface area contributed by atoms with Gasteiger partial charge in [-0.05, 0) is 56.8 Å². The van der Waals surface area contributed by atoms with E-state index in [0.29, 0.717) is 12.0 Å². The van der Waals surface area contributed by atoms with Crippen molar-refractivity contribution < 1.29 is 9.53 Å². The van der Waals surface area contributed by atoms with E-state index < -0.39 is 0 Å². The Balaban J connectivity index is 1.58. The van der Waals surface area contributed by atoms with Gasteiger partial charge in [-0.3, -0.25) is 4.79 Å². The molecule has 0 radical (unpaired) electrons. The minimum absolute atomic E-state index is 0.0455. The number of hydrogen-bond acceptors (Lipinski definition) is 3. The first kappa shape index (κ1) is 14.6. The lowest BCUT2D eigenvalue weighted by molar-refractivity contribution is 0.0535. The first-order chi connectivity index (χ1) is 10.3. The van der Waals surface area contributed by atoms with Crippen LogP contribution in [-0.2, 0) is 4.74 Å². The average molecular weight is 291 g/mol. The molecule has 3 heterocycles. The Hall–Kier alpha value is -1.33. The van der Waals surface area contributed by atoms with E-state index in [1.807, 2.05) is 18.3 Å². The molecule has 0 aliphatic carbocycles. The molecular formula is C16H25N3O2. The van der Waals surface area contributed by atoms with Crippen LogP contribution in [0.5, 0.6) is 0 Å². The summed E-state index contributed by atoms with van der Waals surface area (Å²) in [6.45, 7) is 4.42. The van der Waals surface area contributed by atoms with E-state index >= 15 is 0 Å². The molecule has 3 rings (SSSR count). The number of hydrogen-bond donors (Lipinski definition) is 2. The van der Waals surface area contributed by atoms with Gasteiger partial charge in [-0.15, -0.1) is 0 Å². The molecule has 116 valence electrons. The van der Waals surface area contributed by atoms with Crippen molar-refractivity contribution in [3.8, 4) is 0 Å². The molecule has 5 nitrogen and oxygen atoms in total. The van der Waals surface area contributed by atoms with E-state index in [2.05, 4.69) is 15.2 Å². The highest BCUT2D eigenvalue weighted by atomic mass is 16.5. The van der Waals surface area contributed by atoms with Crippen molar-refractivity contribution in [2.45, 2.75) is 31.7 Å². The number of piperidine rings is 1. The van der Waals surface area contributed by atoms with Gasteiger partial charge in [0.2, 0.25) is 0 Å². The largest absolute Gasteiger partial charge is 0.381 e. The molecule has 0 bridgehead atoms. The third-order valence-electron chi connectivity index (χ3n) is 4.52. The normalized spacial score (nSPS) is 23.9. The van der Waals surface area contributed by atoms with E-state index in [1.54, 1.807) is 0 Å². The summed E-state index contributed by atoms with van der Waals surface area (Å²) in [6, 6.07) is 4.34. The van der Waals surface area contributed by atoms with Crippen LogP contribution in [0.15, 0.2) is 18.3 Å². The molecule has 1 atom stereocenters. The van der Waals surface area contributed by atoms with Gasteiger partial charge >= 0.3 is 0 Å². The fraction of sp³-hybridized carbons (Fsp3) is 0.688. The number of nitrogens with zero attached hydrogens (tertiary/aromatic N) is 1. The van der Waals surface area contributed by atoms with Crippen LogP contribution in [0, 0.1) is 5.92 Å². The second kappa shape index (κ2) is 7.09. The summed E-state index contributed by atoms with van der Waals surface area (Å²) >= 11 is 0. The number of nitrogens with one attached hydrogen (secondary N) is 2. The number of rotatable bonds is 4. The van der Waals surface area contributed by atoms with Crippen molar-refractivity contribution in [1.29, 1.82) is 0 Å². The van der Waals surface area contributed by atoms with Crippen molar-refractivity contribution >= 4 is 5.91 Å². The molecular weight excluding hydrogens is 266 g/mol. The zero-order chi connectivity index (χ0) is 14.5. The highest BCUT2D eigenvalue weighted by molar-refractivity contribution is 5.92. The molecule has 1 unspecified atom stereocenters. The van der Waals surface area contributed by atoms with E-state index in [1.165, 1.54) is 0 Å². The van der Waals surface area contributed by atoms with Crippen LogP contribution in [0.2, 0.25) is 0 Å². The summed E-state index contributed by atoms with van der Waals surface area (Å²) in [5.41, 5.74) is 0.790. The molecule has 1 aromatic heterocycles. The van der Waals surface area contributed by atoms with Gasteiger partial charge in [0.1, 0.15) is 5.69 Å². The first-order valence-corrected chi connectivity index (χ1v) is 8.08. The summed E-state index contributed by atoms with van der Waals surface area (Å²) in [5, 5.41) is 6.44. The van der Waals surface area contributed by atoms with Gasteiger partial charge in [0.05, 0.1) is 6.61 Å². The van der Waals surface area contributed by atoms with Crippen LogP contribution in [0.25, 0.3) is 0 Å². The predicted molar refractivity (Wildman–Crippen MR) is 81.4 cm³/mol. The monoisotopic (exact) mass is 291 g/mol. The molecule has 2 N–H and O–H groups in total. The molecule has 2 fully saturated rings. The van der Waals surface area contributed by atoms with Crippen LogP contribution < -0.4 is 10.6 Å². The Morgan fingerprint density at radius 2 is 2.24 bits per heavy atom. The maximum absolute atomic E-state index is 12.4. The summed E-state index contributed by atoms with van der Waals surface area (Å²) in [7, 11) is 0. The zero-order valence-corrected chi connectivity index (χ0v) is 12.5. The van der Waals surface area contributed by atoms with Gasteiger partial charge < -0.3 is 19.9 Å². The molecule has 0 spiro atoms. The van der Waals surface area contributed by atoms with Gasteiger partial charge in [0, 0.05) is 25.4 Å². The summed E-state index contributed by atoms with van der Waals surface area (Å²) in [6.07, 6.45) is 6.47. The standard InChI is InChI=1S/C16H25N3O2/c20-16(18-11-13-3-2-10-21-12-13)15-4-1-9-19(15)14-5-7-17-8-6-14/h1,4,9,13-14,17H,2-3,5-8,10-12H2,(H,18,20). The molecule has 0 saturated carbocycles. The molecule has 2 aliphatic heterocycles. The second-order valence-corrected chi connectivity index (χ2v) is 6.08. The van der Waals surface area contributed by atoms with Crippen LogP contribution in [0.3, 0.4) is 0 Å². The Labute approximate surface area is 126 Å². The Morgan fingerprint density at radius 1 is 1.38 bits per heavy atom. The lowest BCUT2D eigenvalue weighted by Crippen LogP contribution is -2.35. The third-order valence-corrected chi connectivity index (χ3v) is 4.52. The van der Waals surface area contributed by atoms with Crippen LogP contribution in [-0.4, -0.2) is 43.3 Å². The molecule has 5 heteroatoms. The maximum Gasteiger partial charge on any atom is 0.267 e. The number of carbonyl (C=O) groups is 1. The topological polar surface area (TPSA) is 55.3 Å². The molecule has 1 aromatic rings. The van der Waals surface area contributed by atoms with Crippen LogP contribution in [0.4, 0.5) is 0 Å². The fourth-order valence-corrected chi connectivity index (χ4v) is 3.29. The van der Waals surface area contributed by atoms with Gasteiger partial charge in [-0.2, -0.15) is 0 Å². The van der Waals surface area contributed by atoms with Crippen molar-refractivity contribution in [2.24, 2.45) is 5.92 Å². The van der Waals surface area contributed by atoms with Gasteiger partial charge in [0.25, 0.3) is 5.91 Å². The quantitative estimate of drug-likeness (QED) is 0.885.